The third-order valence-corrected chi connectivity index (χ3v) is 6.86. The van der Waals surface area contributed by atoms with Gasteiger partial charge in [0.1, 0.15) is 22.1 Å². The minimum atomic E-state index is -5.14. The largest absolute Gasteiger partial charge is 0.573 e. The molecule has 1 aliphatic rings. The fourth-order valence-corrected chi connectivity index (χ4v) is 5.24. The van der Waals surface area contributed by atoms with Gasteiger partial charge in [-0.15, -0.1) is 13.2 Å². The number of benzene rings is 2. The molecular weight excluding hydrogens is 523 g/mol. The van der Waals surface area contributed by atoms with E-state index >= 15 is 0 Å². The summed E-state index contributed by atoms with van der Waals surface area (Å²) in [5.41, 5.74) is -1.14. The number of phenols is 2. The van der Waals surface area contributed by atoms with Crippen LogP contribution in [0.3, 0.4) is 0 Å². The number of carbonyl (C=O) groups excluding carboxylic acids is 1. The average Bonchev–Trinajstić information content (AvgIpc) is 3.10. The van der Waals surface area contributed by atoms with Crippen LogP contribution in [0.25, 0.3) is 0 Å². The van der Waals surface area contributed by atoms with Crippen molar-refractivity contribution in [3.63, 3.8) is 0 Å². The topological polar surface area (TPSA) is 124 Å². The van der Waals surface area contributed by atoms with Crippen LogP contribution >= 0.6 is 15.9 Å². The number of likely N-dealkylation sites (tertiary alicyclic amines) is 1. The zero-order chi connectivity index (χ0) is 23.8. The van der Waals surface area contributed by atoms with Gasteiger partial charge >= 0.3 is 6.36 Å². The molecule has 1 amide bonds. The molecule has 3 N–H and O–H groups in total. The first kappa shape index (κ1) is 24.1. The molecule has 3 rings (SSSR count). The maximum Gasteiger partial charge on any atom is 0.573 e. The van der Waals surface area contributed by atoms with E-state index < -0.39 is 67.2 Å². The number of aliphatic hydroxyl groups excluding tert-OH is 1. The highest BCUT2D eigenvalue weighted by Crippen LogP contribution is 2.36. The summed E-state index contributed by atoms with van der Waals surface area (Å²) in [7, 11) is -4.36. The van der Waals surface area contributed by atoms with Gasteiger partial charge in [0.05, 0.1) is 17.4 Å². The lowest BCUT2D eigenvalue weighted by Gasteiger charge is -2.19. The number of alkyl halides is 3. The van der Waals surface area contributed by atoms with Crippen LogP contribution in [0.1, 0.15) is 22.3 Å². The van der Waals surface area contributed by atoms with Gasteiger partial charge in [0.2, 0.25) is 0 Å². The predicted molar refractivity (Wildman–Crippen MR) is 108 cm³/mol. The van der Waals surface area contributed by atoms with Crippen LogP contribution in [0, 0.1) is 0 Å². The van der Waals surface area contributed by atoms with Gasteiger partial charge in [-0.05, 0) is 36.8 Å². The highest BCUT2D eigenvalue weighted by molar-refractivity contribution is 9.10. The lowest BCUT2D eigenvalue weighted by molar-refractivity contribution is -0.274. The van der Waals surface area contributed by atoms with E-state index in [1.807, 2.05) is 0 Å². The molecule has 13 heteroatoms. The molecule has 2 aromatic rings. The second kappa shape index (κ2) is 8.79. The Bertz CT molecular complexity index is 1150. The smallest absolute Gasteiger partial charge is 0.507 e. The third-order valence-electron chi connectivity index (χ3n) is 4.68. The number of phenolic OH excluding ortho intramolecular Hbond substituents is 2. The standard InChI is InChI=1S/C19H17BrF3NO7S/c20-11-1-2-15(26)16(6-11)32(29,30)9-10-5-13(31-19(21,22)23)7-14(17(10)27)18(28)24-4-3-12(25)8-24/h1-2,5-7,12,25-27H,3-4,8-9H2/t12-/m1/s1. The Kier molecular flexibility index (Phi) is 6.63. The number of hydrogen-bond acceptors (Lipinski definition) is 7. The second-order valence-corrected chi connectivity index (χ2v) is 9.96. The lowest BCUT2D eigenvalue weighted by Crippen LogP contribution is -2.30. The van der Waals surface area contributed by atoms with Gasteiger partial charge in [0, 0.05) is 23.1 Å². The molecule has 0 saturated carbocycles. The van der Waals surface area contributed by atoms with Crippen LogP contribution in [0.2, 0.25) is 0 Å². The summed E-state index contributed by atoms with van der Waals surface area (Å²) in [6.45, 7) is 0.00547. The number of sulfone groups is 1. The highest BCUT2D eigenvalue weighted by Gasteiger charge is 2.34. The predicted octanol–water partition coefficient (Wildman–Crippen LogP) is 2.94. The number of ether oxygens (including phenoxy) is 1. The molecule has 2 aromatic carbocycles. The summed E-state index contributed by atoms with van der Waals surface area (Å²) in [5, 5.41) is 30.1. The van der Waals surface area contributed by atoms with Crippen molar-refractivity contribution in [3.05, 3.63) is 45.9 Å². The van der Waals surface area contributed by atoms with Crippen molar-refractivity contribution in [3.8, 4) is 17.2 Å². The highest BCUT2D eigenvalue weighted by atomic mass is 79.9. The average molecular weight is 540 g/mol. The lowest BCUT2D eigenvalue weighted by atomic mass is 10.1. The molecular formula is C19H17BrF3NO7S. The Morgan fingerprint density at radius 2 is 1.91 bits per heavy atom. The molecule has 174 valence electrons. The molecule has 1 heterocycles. The van der Waals surface area contributed by atoms with Gasteiger partial charge in [-0.1, -0.05) is 15.9 Å². The Balaban J connectivity index is 2.07. The number of aromatic hydroxyl groups is 2. The summed E-state index contributed by atoms with van der Waals surface area (Å²) in [5.74, 6) is -4.26. The van der Waals surface area contributed by atoms with Crippen LogP contribution in [0.15, 0.2) is 39.7 Å². The quantitative estimate of drug-likeness (QED) is 0.533. The molecule has 8 nitrogen and oxygen atoms in total. The second-order valence-electron chi connectivity index (χ2n) is 7.09. The maximum atomic E-state index is 12.8. The first-order valence-electron chi connectivity index (χ1n) is 9.07. The number of nitrogens with zero attached hydrogens (tertiary/aromatic N) is 1. The van der Waals surface area contributed by atoms with Gasteiger partial charge < -0.3 is 25.0 Å². The summed E-state index contributed by atoms with van der Waals surface area (Å²) < 4.78 is 68.2. The fraction of sp³-hybridized carbons (Fsp3) is 0.316. The van der Waals surface area contributed by atoms with Gasteiger partial charge in [-0.3, -0.25) is 4.79 Å². The Labute approximate surface area is 188 Å². The number of hydrogen-bond donors (Lipinski definition) is 3. The summed E-state index contributed by atoms with van der Waals surface area (Å²) in [6, 6.07) is 4.89. The van der Waals surface area contributed by atoms with Crippen LogP contribution in [0.5, 0.6) is 17.2 Å². The van der Waals surface area contributed by atoms with E-state index in [-0.39, 0.29) is 19.5 Å². The molecule has 0 radical (unpaired) electrons. The first-order valence-corrected chi connectivity index (χ1v) is 11.5. The summed E-state index contributed by atoms with van der Waals surface area (Å²) >= 11 is 3.07. The molecule has 1 fully saturated rings. The molecule has 1 aliphatic heterocycles. The van der Waals surface area contributed by atoms with Gasteiger partial charge in [0.25, 0.3) is 5.91 Å². The van der Waals surface area contributed by atoms with Crippen molar-refractivity contribution in [2.45, 2.75) is 29.5 Å². The van der Waals surface area contributed by atoms with Gasteiger partial charge in [0.15, 0.2) is 9.84 Å². The molecule has 0 aliphatic carbocycles. The number of aliphatic hydroxyl groups is 1. The number of β-amino-alcohol motifs (C(OH)–C–C–N with tert-alkyl or cyclic N) is 1. The van der Waals surface area contributed by atoms with E-state index in [0.29, 0.717) is 16.6 Å². The third kappa shape index (κ3) is 5.45. The van der Waals surface area contributed by atoms with E-state index in [0.717, 1.165) is 17.0 Å². The summed E-state index contributed by atoms with van der Waals surface area (Å²) in [6.07, 6.45) is -5.72. The van der Waals surface area contributed by atoms with E-state index in [9.17, 15) is 41.7 Å². The number of carbonyl (C=O) groups is 1. The molecule has 1 saturated heterocycles. The van der Waals surface area contributed by atoms with E-state index in [1.165, 1.54) is 6.07 Å². The first-order chi connectivity index (χ1) is 14.8. The van der Waals surface area contributed by atoms with Crippen molar-refractivity contribution < 1.29 is 46.4 Å². The Morgan fingerprint density at radius 3 is 2.50 bits per heavy atom. The van der Waals surface area contributed by atoms with Crippen molar-refractivity contribution in [2.24, 2.45) is 0 Å². The number of rotatable bonds is 5. The molecule has 0 unspecified atom stereocenters. The van der Waals surface area contributed by atoms with E-state index in [1.54, 1.807) is 0 Å². The van der Waals surface area contributed by atoms with Gasteiger partial charge in [-0.2, -0.15) is 0 Å². The van der Waals surface area contributed by atoms with Crippen molar-refractivity contribution in [1.29, 1.82) is 0 Å². The molecule has 32 heavy (non-hydrogen) atoms. The van der Waals surface area contributed by atoms with Crippen molar-refractivity contribution in [2.75, 3.05) is 13.1 Å². The van der Waals surface area contributed by atoms with Crippen LogP contribution < -0.4 is 4.74 Å². The molecule has 1 atom stereocenters. The number of amides is 1. The monoisotopic (exact) mass is 539 g/mol. The summed E-state index contributed by atoms with van der Waals surface area (Å²) in [4.78, 5) is 13.3. The Morgan fingerprint density at radius 1 is 1.22 bits per heavy atom. The Hall–Kier alpha value is -2.51. The van der Waals surface area contributed by atoms with E-state index in [4.69, 9.17) is 0 Å². The number of halogens is 4. The minimum Gasteiger partial charge on any atom is -0.507 e. The van der Waals surface area contributed by atoms with Gasteiger partial charge in [-0.25, -0.2) is 8.42 Å². The van der Waals surface area contributed by atoms with Crippen molar-refractivity contribution >= 4 is 31.7 Å². The maximum absolute atomic E-state index is 12.8. The molecule has 0 bridgehead atoms. The van der Waals surface area contributed by atoms with E-state index in [2.05, 4.69) is 20.7 Å². The zero-order valence-electron chi connectivity index (χ0n) is 16.1. The SMILES string of the molecule is O=C(c1cc(OC(F)(F)F)cc(CS(=O)(=O)c2cc(Br)ccc2O)c1O)N1CC[C@@H](O)C1. The van der Waals surface area contributed by atoms with Crippen molar-refractivity contribution in [1.82, 2.24) is 4.90 Å². The zero-order valence-corrected chi connectivity index (χ0v) is 18.5. The minimum absolute atomic E-state index is 0.0951. The molecule has 0 aromatic heterocycles. The normalized spacial score (nSPS) is 16.9. The van der Waals surface area contributed by atoms with Crippen LogP contribution in [-0.4, -0.2) is 60.1 Å². The fourth-order valence-electron chi connectivity index (χ4n) is 3.25. The van der Waals surface area contributed by atoms with Crippen LogP contribution in [-0.2, 0) is 15.6 Å². The molecule has 0 spiro atoms. The van der Waals surface area contributed by atoms with Crippen LogP contribution in [0.4, 0.5) is 13.2 Å².